The summed E-state index contributed by atoms with van der Waals surface area (Å²) in [5, 5.41) is 2.71. The van der Waals surface area contributed by atoms with Crippen molar-refractivity contribution in [2.24, 2.45) is 0 Å². The van der Waals surface area contributed by atoms with E-state index in [2.05, 4.69) is 5.32 Å². The number of para-hydroxylation sites is 2. The zero-order chi connectivity index (χ0) is 22.3. The van der Waals surface area contributed by atoms with Crippen LogP contribution in [0.15, 0.2) is 36.4 Å². The largest absolute Gasteiger partial charge is 0.495 e. The van der Waals surface area contributed by atoms with Crippen molar-refractivity contribution in [2.75, 3.05) is 45.5 Å². The van der Waals surface area contributed by atoms with Crippen molar-refractivity contribution in [1.29, 1.82) is 0 Å². The number of nitrogens with zero attached hydrogens (tertiary/aromatic N) is 1. The molecule has 1 N–H and O–H groups in total. The quantitative estimate of drug-likeness (QED) is 0.603. The van der Waals surface area contributed by atoms with Crippen molar-refractivity contribution in [3.05, 3.63) is 42.0 Å². The third kappa shape index (κ3) is 5.26. The van der Waals surface area contributed by atoms with E-state index in [9.17, 15) is 13.2 Å². The normalized spacial score (nSPS) is 10.8. The van der Waals surface area contributed by atoms with E-state index in [1.807, 2.05) is 0 Å². The number of anilines is 1. The van der Waals surface area contributed by atoms with Crippen molar-refractivity contribution in [3.63, 3.8) is 0 Å². The maximum absolute atomic E-state index is 12.6. The first-order valence-corrected chi connectivity index (χ1v) is 10.8. The Kier molecular flexibility index (Phi) is 7.76. The molecule has 0 aliphatic heterocycles. The fraction of sp³-hybridized carbons (Fsp3) is 0.350. The van der Waals surface area contributed by atoms with Crippen LogP contribution in [0, 0.1) is 0 Å². The molecule has 0 saturated heterocycles. The predicted octanol–water partition coefficient (Wildman–Crippen LogP) is 1.80. The van der Waals surface area contributed by atoms with Crippen molar-refractivity contribution in [3.8, 4) is 23.0 Å². The highest BCUT2D eigenvalue weighted by atomic mass is 32.2. The summed E-state index contributed by atoms with van der Waals surface area (Å²) in [7, 11) is 2.18. The third-order valence-corrected chi connectivity index (χ3v) is 5.43. The number of nitrogens with one attached hydrogen (secondary N) is 1. The van der Waals surface area contributed by atoms with Gasteiger partial charge in [-0.15, -0.1) is 0 Å². The molecular weight excluding hydrogens is 412 g/mol. The van der Waals surface area contributed by atoms with Crippen molar-refractivity contribution < 1.29 is 32.2 Å². The second-order valence-electron chi connectivity index (χ2n) is 6.21. The van der Waals surface area contributed by atoms with E-state index in [1.54, 1.807) is 36.4 Å². The monoisotopic (exact) mass is 438 g/mol. The molecule has 164 valence electrons. The van der Waals surface area contributed by atoms with Crippen LogP contribution in [0.3, 0.4) is 0 Å². The van der Waals surface area contributed by atoms with E-state index < -0.39 is 22.5 Å². The first-order valence-electron chi connectivity index (χ1n) is 8.92. The molecule has 2 rings (SSSR count). The molecule has 1 amide bonds. The van der Waals surface area contributed by atoms with Gasteiger partial charge < -0.3 is 24.3 Å². The summed E-state index contributed by atoms with van der Waals surface area (Å²) in [6, 6.07) is 10.0. The summed E-state index contributed by atoms with van der Waals surface area (Å²) in [4.78, 5) is 12.6. The van der Waals surface area contributed by atoms with E-state index in [-0.39, 0.29) is 12.2 Å². The lowest BCUT2D eigenvalue weighted by molar-refractivity contribution is -0.119. The van der Waals surface area contributed by atoms with Crippen LogP contribution in [-0.2, 0) is 21.4 Å². The van der Waals surface area contributed by atoms with E-state index in [4.69, 9.17) is 18.9 Å². The zero-order valence-electron chi connectivity index (χ0n) is 17.6. The number of hydrogen-bond acceptors (Lipinski definition) is 7. The molecule has 0 saturated carbocycles. The number of carbonyl (C=O) groups is 1. The lowest BCUT2D eigenvalue weighted by atomic mass is 10.1. The van der Waals surface area contributed by atoms with Gasteiger partial charge in [0.15, 0.2) is 11.5 Å². The van der Waals surface area contributed by atoms with Crippen molar-refractivity contribution in [1.82, 2.24) is 5.32 Å². The molecule has 0 unspecified atom stereocenters. The van der Waals surface area contributed by atoms with Crippen molar-refractivity contribution >= 4 is 21.6 Å². The Morgan fingerprint density at radius 3 is 2.10 bits per heavy atom. The highest BCUT2D eigenvalue weighted by molar-refractivity contribution is 7.92. The third-order valence-electron chi connectivity index (χ3n) is 4.30. The number of sulfonamides is 1. The molecule has 2 aromatic rings. The molecule has 0 aliphatic rings. The molecule has 0 fully saturated rings. The highest BCUT2D eigenvalue weighted by Crippen LogP contribution is 2.39. The molecule has 0 aromatic heterocycles. The fourth-order valence-corrected chi connectivity index (χ4v) is 3.76. The SMILES string of the molecule is COc1ccccc1N(CC(=O)NCc1ccc(OC)c(OC)c1OC)S(C)(=O)=O. The maximum Gasteiger partial charge on any atom is 0.241 e. The molecule has 9 nitrogen and oxygen atoms in total. The number of methoxy groups -OCH3 is 4. The molecule has 0 atom stereocenters. The van der Waals surface area contributed by atoms with E-state index >= 15 is 0 Å². The van der Waals surface area contributed by atoms with Crippen LogP contribution in [0.5, 0.6) is 23.0 Å². The smallest absolute Gasteiger partial charge is 0.241 e. The van der Waals surface area contributed by atoms with Gasteiger partial charge in [0.2, 0.25) is 21.7 Å². The van der Waals surface area contributed by atoms with Gasteiger partial charge in [0, 0.05) is 12.1 Å². The predicted molar refractivity (Wildman–Crippen MR) is 113 cm³/mol. The molecule has 0 heterocycles. The number of amides is 1. The molecule has 30 heavy (non-hydrogen) atoms. The van der Waals surface area contributed by atoms with Gasteiger partial charge in [0.1, 0.15) is 12.3 Å². The summed E-state index contributed by atoms with van der Waals surface area (Å²) in [5.41, 5.74) is 0.924. The average molecular weight is 439 g/mol. The first-order chi connectivity index (χ1) is 14.3. The van der Waals surface area contributed by atoms with Crippen LogP contribution in [0.1, 0.15) is 5.56 Å². The highest BCUT2D eigenvalue weighted by Gasteiger charge is 2.24. The Bertz CT molecular complexity index is 993. The van der Waals surface area contributed by atoms with Crippen LogP contribution in [0.2, 0.25) is 0 Å². The van der Waals surface area contributed by atoms with Crippen LogP contribution in [-0.4, -0.2) is 55.6 Å². The lowest BCUT2D eigenvalue weighted by Gasteiger charge is -2.23. The Labute approximate surface area is 176 Å². The summed E-state index contributed by atoms with van der Waals surface area (Å²) in [5.74, 6) is 1.16. The van der Waals surface area contributed by atoms with Gasteiger partial charge in [0.25, 0.3) is 0 Å². The van der Waals surface area contributed by atoms with Gasteiger partial charge >= 0.3 is 0 Å². The molecule has 0 radical (unpaired) electrons. The Morgan fingerprint density at radius 2 is 1.53 bits per heavy atom. The second-order valence-corrected chi connectivity index (χ2v) is 8.12. The lowest BCUT2D eigenvalue weighted by Crippen LogP contribution is -2.40. The summed E-state index contributed by atoms with van der Waals surface area (Å²) >= 11 is 0. The van der Waals surface area contributed by atoms with Gasteiger partial charge in [-0.3, -0.25) is 9.10 Å². The fourth-order valence-electron chi connectivity index (χ4n) is 2.90. The molecule has 0 aliphatic carbocycles. The second kappa shape index (κ2) is 10.1. The van der Waals surface area contributed by atoms with Crippen LogP contribution < -0.4 is 28.6 Å². The number of benzene rings is 2. The van der Waals surface area contributed by atoms with Gasteiger partial charge in [0.05, 0.1) is 40.4 Å². The molecule has 2 aromatic carbocycles. The van der Waals surface area contributed by atoms with Crippen LogP contribution >= 0.6 is 0 Å². The topological polar surface area (TPSA) is 103 Å². The summed E-state index contributed by atoms with van der Waals surface area (Å²) < 4.78 is 46.8. The summed E-state index contributed by atoms with van der Waals surface area (Å²) in [6.07, 6.45) is 1.03. The number of rotatable bonds is 10. The van der Waals surface area contributed by atoms with E-state index in [0.717, 1.165) is 10.6 Å². The zero-order valence-corrected chi connectivity index (χ0v) is 18.4. The molecule has 0 spiro atoms. The van der Waals surface area contributed by atoms with Gasteiger partial charge in [-0.2, -0.15) is 0 Å². The Balaban J connectivity index is 2.22. The van der Waals surface area contributed by atoms with Crippen molar-refractivity contribution in [2.45, 2.75) is 6.54 Å². The molecule has 0 bridgehead atoms. The van der Waals surface area contributed by atoms with E-state index in [1.165, 1.54) is 28.4 Å². The number of hydrogen-bond donors (Lipinski definition) is 1. The number of ether oxygens (including phenoxy) is 4. The van der Waals surface area contributed by atoms with Gasteiger partial charge in [-0.25, -0.2) is 8.42 Å². The standard InChI is InChI=1S/C20H26N2O7S/c1-26-16-9-7-6-8-15(16)22(30(5,24)25)13-18(23)21-12-14-10-11-17(27-2)20(29-4)19(14)28-3/h6-11H,12-13H2,1-5H3,(H,21,23). The minimum Gasteiger partial charge on any atom is -0.495 e. The Morgan fingerprint density at radius 1 is 0.900 bits per heavy atom. The van der Waals surface area contributed by atoms with Gasteiger partial charge in [-0.05, 0) is 24.3 Å². The minimum atomic E-state index is -3.73. The Hall–Kier alpha value is -3.14. The molecular formula is C20H26N2O7S. The van der Waals surface area contributed by atoms with E-state index in [0.29, 0.717) is 28.6 Å². The van der Waals surface area contributed by atoms with Crippen LogP contribution in [0.4, 0.5) is 5.69 Å². The minimum absolute atomic E-state index is 0.103. The molecule has 10 heteroatoms. The average Bonchev–Trinajstić information content (AvgIpc) is 2.74. The maximum atomic E-state index is 12.6. The van der Waals surface area contributed by atoms with Gasteiger partial charge in [-0.1, -0.05) is 12.1 Å². The number of carbonyl (C=O) groups excluding carboxylic acids is 1. The van der Waals surface area contributed by atoms with Crippen LogP contribution in [0.25, 0.3) is 0 Å². The first kappa shape index (κ1) is 23.1. The summed E-state index contributed by atoms with van der Waals surface area (Å²) in [6.45, 7) is -0.305.